The number of anilines is 2. The van der Waals surface area contributed by atoms with Gasteiger partial charge in [0.1, 0.15) is 11.4 Å². The van der Waals surface area contributed by atoms with E-state index in [9.17, 15) is 4.79 Å². The van der Waals surface area contributed by atoms with Crippen LogP contribution in [0.4, 0.5) is 11.1 Å². The molecule has 23 heavy (non-hydrogen) atoms. The minimum absolute atomic E-state index is 0.270. The van der Waals surface area contributed by atoms with Crippen LogP contribution < -0.4 is 15.6 Å². The average Bonchev–Trinajstić information content (AvgIpc) is 3.05. The van der Waals surface area contributed by atoms with Gasteiger partial charge in [0, 0.05) is 18.0 Å². The molecule has 0 aliphatic carbocycles. The third kappa shape index (κ3) is 3.92. The molecular formula is C15H15N5O2S. The molecule has 118 valence electrons. The van der Waals surface area contributed by atoms with E-state index in [-0.39, 0.29) is 11.5 Å². The molecule has 0 radical (unpaired) electrons. The zero-order valence-corrected chi connectivity index (χ0v) is 13.3. The van der Waals surface area contributed by atoms with Crippen LogP contribution in [0, 0.1) is 0 Å². The van der Waals surface area contributed by atoms with Gasteiger partial charge in [-0.25, -0.2) is 4.98 Å². The molecule has 8 heteroatoms. The molecule has 0 bridgehead atoms. The minimum atomic E-state index is -0.270. The number of hydrogen-bond acceptors (Lipinski definition) is 7. The number of rotatable bonds is 6. The van der Waals surface area contributed by atoms with Crippen molar-refractivity contribution in [2.75, 3.05) is 11.9 Å². The fraction of sp³-hybridized carbons (Fsp3) is 0.200. The second-order valence-corrected chi connectivity index (χ2v) is 5.56. The predicted octanol–water partition coefficient (Wildman–Crippen LogP) is 2.35. The molecule has 7 nitrogen and oxygen atoms in total. The third-order valence-electron chi connectivity index (χ3n) is 3.03. The highest BCUT2D eigenvalue weighted by Gasteiger charge is 2.07. The van der Waals surface area contributed by atoms with E-state index in [2.05, 4.69) is 25.5 Å². The fourth-order valence-electron chi connectivity index (χ4n) is 1.98. The van der Waals surface area contributed by atoms with Gasteiger partial charge in [-0.1, -0.05) is 12.1 Å². The Morgan fingerprint density at radius 2 is 2.09 bits per heavy atom. The van der Waals surface area contributed by atoms with E-state index in [1.165, 1.54) is 11.3 Å². The molecule has 0 saturated carbocycles. The van der Waals surface area contributed by atoms with E-state index in [4.69, 9.17) is 4.74 Å². The normalized spacial score (nSPS) is 10.5. The highest BCUT2D eigenvalue weighted by atomic mass is 32.1. The van der Waals surface area contributed by atoms with Gasteiger partial charge < -0.3 is 10.1 Å². The summed E-state index contributed by atoms with van der Waals surface area (Å²) in [4.78, 5) is 18.8. The van der Waals surface area contributed by atoms with Crippen LogP contribution in [0.25, 0.3) is 0 Å². The van der Waals surface area contributed by atoms with Gasteiger partial charge in [-0.3, -0.25) is 9.78 Å². The molecule has 0 spiro atoms. The minimum Gasteiger partial charge on any atom is -0.494 e. The molecule has 2 heterocycles. The number of benzene rings is 1. The summed E-state index contributed by atoms with van der Waals surface area (Å²) in [6, 6.07) is 7.57. The Morgan fingerprint density at radius 1 is 1.26 bits per heavy atom. The summed E-state index contributed by atoms with van der Waals surface area (Å²) in [7, 11) is 0. The van der Waals surface area contributed by atoms with Crippen LogP contribution in [0.2, 0.25) is 0 Å². The average molecular weight is 329 g/mol. The topological polar surface area (TPSA) is 92.8 Å². The second kappa shape index (κ2) is 7.01. The van der Waals surface area contributed by atoms with Gasteiger partial charge >= 0.3 is 0 Å². The number of thiazole rings is 1. The molecule has 0 atom stereocenters. The second-order valence-electron chi connectivity index (χ2n) is 4.67. The fourth-order valence-corrected chi connectivity index (χ4v) is 2.51. The van der Waals surface area contributed by atoms with Gasteiger partial charge in [-0.2, -0.15) is 0 Å². The van der Waals surface area contributed by atoms with E-state index >= 15 is 0 Å². The van der Waals surface area contributed by atoms with E-state index in [0.29, 0.717) is 23.9 Å². The number of nitrogens with zero attached hydrogens (tertiary/aromatic N) is 3. The molecule has 3 rings (SSSR count). The van der Waals surface area contributed by atoms with Gasteiger partial charge in [0.25, 0.3) is 5.56 Å². The Balaban J connectivity index is 1.71. The number of nitrogens with one attached hydrogen (secondary N) is 2. The maximum absolute atomic E-state index is 12.1. The maximum atomic E-state index is 12.1. The standard InChI is InChI=1S/C15H15N5O2S/c1-2-22-11-5-3-10(4-6-11)9-12-13(21)17-14(20-19-12)18-15-16-7-8-23-15/h3-8H,2,9H2,1H3,(H2,16,17,18,20,21). The number of aromatic nitrogens is 4. The summed E-state index contributed by atoms with van der Waals surface area (Å²) in [5, 5.41) is 13.4. The SMILES string of the molecule is CCOc1ccc(Cc2nnc(Nc3nccs3)[nH]c2=O)cc1. The molecule has 0 amide bonds. The summed E-state index contributed by atoms with van der Waals surface area (Å²) >= 11 is 1.41. The van der Waals surface area contributed by atoms with Crippen molar-refractivity contribution in [1.82, 2.24) is 20.2 Å². The van der Waals surface area contributed by atoms with Crippen molar-refractivity contribution in [2.24, 2.45) is 0 Å². The molecular weight excluding hydrogens is 314 g/mol. The van der Waals surface area contributed by atoms with Crippen LogP contribution in [0.3, 0.4) is 0 Å². The maximum Gasteiger partial charge on any atom is 0.274 e. The first kappa shape index (κ1) is 15.2. The molecule has 2 aromatic heterocycles. The lowest BCUT2D eigenvalue weighted by atomic mass is 10.1. The van der Waals surface area contributed by atoms with Gasteiger partial charge in [-0.15, -0.1) is 21.5 Å². The first-order chi connectivity index (χ1) is 11.2. The summed E-state index contributed by atoms with van der Waals surface area (Å²) in [6.45, 7) is 2.56. The van der Waals surface area contributed by atoms with Crippen LogP contribution in [-0.2, 0) is 6.42 Å². The van der Waals surface area contributed by atoms with Gasteiger partial charge in [-0.05, 0) is 24.6 Å². The van der Waals surface area contributed by atoms with E-state index in [0.717, 1.165) is 11.3 Å². The van der Waals surface area contributed by atoms with Gasteiger partial charge in [0.15, 0.2) is 5.13 Å². The lowest BCUT2D eigenvalue weighted by Gasteiger charge is -2.05. The summed E-state index contributed by atoms with van der Waals surface area (Å²) in [5.41, 5.74) is 1.06. The Hall–Kier alpha value is -2.74. The monoisotopic (exact) mass is 329 g/mol. The molecule has 0 saturated heterocycles. The van der Waals surface area contributed by atoms with E-state index < -0.39 is 0 Å². The number of ether oxygens (including phenoxy) is 1. The van der Waals surface area contributed by atoms with Crippen molar-refractivity contribution in [3.05, 3.63) is 57.5 Å². The van der Waals surface area contributed by atoms with Crippen molar-refractivity contribution in [2.45, 2.75) is 13.3 Å². The van der Waals surface area contributed by atoms with Crippen LogP contribution >= 0.6 is 11.3 Å². The van der Waals surface area contributed by atoms with Gasteiger partial charge in [0.2, 0.25) is 5.95 Å². The first-order valence-electron chi connectivity index (χ1n) is 7.08. The van der Waals surface area contributed by atoms with Gasteiger partial charge in [0.05, 0.1) is 6.61 Å². The highest BCUT2D eigenvalue weighted by Crippen LogP contribution is 2.15. The zero-order chi connectivity index (χ0) is 16.1. The molecule has 0 aliphatic heterocycles. The summed E-state index contributed by atoms with van der Waals surface area (Å²) in [5.74, 6) is 1.08. The Morgan fingerprint density at radius 3 is 2.74 bits per heavy atom. The Kier molecular flexibility index (Phi) is 4.62. The van der Waals surface area contributed by atoms with Crippen molar-refractivity contribution in [3.63, 3.8) is 0 Å². The van der Waals surface area contributed by atoms with Crippen molar-refractivity contribution in [3.8, 4) is 5.75 Å². The molecule has 2 N–H and O–H groups in total. The molecule has 0 fully saturated rings. The van der Waals surface area contributed by atoms with Crippen molar-refractivity contribution >= 4 is 22.4 Å². The van der Waals surface area contributed by atoms with E-state index in [1.54, 1.807) is 6.20 Å². The van der Waals surface area contributed by atoms with Crippen molar-refractivity contribution in [1.29, 1.82) is 0 Å². The van der Waals surface area contributed by atoms with E-state index in [1.807, 2.05) is 36.6 Å². The predicted molar refractivity (Wildman–Crippen MR) is 88.5 cm³/mol. The van der Waals surface area contributed by atoms with Crippen molar-refractivity contribution < 1.29 is 4.74 Å². The lowest BCUT2D eigenvalue weighted by molar-refractivity contribution is 0.340. The van der Waals surface area contributed by atoms with Crippen LogP contribution in [-0.4, -0.2) is 26.8 Å². The lowest BCUT2D eigenvalue weighted by Crippen LogP contribution is -2.18. The first-order valence-corrected chi connectivity index (χ1v) is 7.96. The third-order valence-corrected chi connectivity index (χ3v) is 3.72. The molecule has 0 unspecified atom stereocenters. The largest absolute Gasteiger partial charge is 0.494 e. The van der Waals surface area contributed by atoms with Crippen LogP contribution in [0.15, 0.2) is 40.6 Å². The number of H-pyrrole nitrogens is 1. The van der Waals surface area contributed by atoms with Crippen LogP contribution in [0.1, 0.15) is 18.2 Å². The number of aromatic amines is 1. The molecule has 3 aromatic rings. The highest BCUT2D eigenvalue weighted by molar-refractivity contribution is 7.13. The number of hydrogen-bond donors (Lipinski definition) is 2. The quantitative estimate of drug-likeness (QED) is 0.721. The zero-order valence-electron chi connectivity index (χ0n) is 12.4. The summed E-state index contributed by atoms with van der Waals surface area (Å²) < 4.78 is 5.39. The Labute approximate surface area is 136 Å². The molecule has 0 aliphatic rings. The summed E-state index contributed by atoms with van der Waals surface area (Å²) in [6.07, 6.45) is 2.07. The van der Waals surface area contributed by atoms with Crippen LogP contribution in [0.5, 0.6) is 5.75 Å². The molecule has 1 aromatic carbocycles. The smallest absolute Gasteiger partial charge is 0.274 e. The Bertz CT molecular complexity index is 815.